The van der Waals surface area contributed by atoms with E-state index in [1.54, 1.807) is 0 Å². The van der Waals surface area contributed by atoms with E-state index in [2.05, 4.69) is 24.4 Å². The van der Waals surface area contributed by atoms with Gasteiger partial charge in [-0.1, -0.05) is 25.5 Å². The Labute approximate surface area is 90.8 Å². The highest BCUT2D eigenvalue weighted by Gasteiger charge is 2.00. The second kappa shape index (κ2) is 6.43. The fraction of sp³-hybridized carbons (Fsp3) is 0.500. The van der Waals surface area contributed by atoms with Gasteiger partial charge in [-0.25, -0.2) is 0 Å². The molecule has 0 bridgehead atoms. The molecule has 1 atom stereocenters. The molecule has 0 amide bonds. The lowest BCUT2D eigenvalue weighted by atomic mass is 10.1. The Morgan fingerprint density at radius 2 is 1.93 bits per heavy atom. The van der Waals surface area contributed by atoms with Crippen LogP contribution in [0.4, 0.5) is 5.69 Å². The molecule has 3 nitrogen and oxygen atoms in total. The lowest BCUT2D eigenvalue weighted by Crippen LogP contribution is -2.22. The topological polar surface area (TPSA) is 52.5 Å². The van der Waals surface area contributed by atoms with Gasteiger partial charge in [-0.15, -0.1) is 0 Å². The van der Waals surface area contributed by atoms with Crippen LogP contribution in [0.5, 0.6) is 0 Å². The van der Waals surface area contributed by atoms with E-state index < -0.39 is 6.10 Å². The Bertz CT molecular complexity index is 271. The lowest BCUT2D eigenvalue weighted by Gasteiger charge is -2.10. The maximum absolute atomic E-state index is 9.15. The Morgan fingerprint density at radius 3 is 2.47 bits per heavy atom. The van der Waals surface area contributed by atoms with E-state index in [0.29, 0.717) is 6.54 Å². The van der Waals surface area contributed by atoms with E-state index in [0.717, 1.165) is 18.5 Å². The number of hydrogen-bond acceptors (Lipinski definition) is 3. The number of benzene rings is 1. The second-order valence-corrected chi connectivity index (χ2v) is 3.66. The first-order valence-corrected chi connectivity index (χ1v) is 5.38. The number of aliphatic hydroxyl groups excluding tert-OH is 2. The first-order valence-electron chi connectivity index (χ1n) is 5.38. The molecule has 0 aliphatic carbocycles. The van der Waals surface area contributed by atoms with Crippen molar-refractivity contribution >= 4 is 5.69 Å². The lowest BCUT2D eigenvalue weighted by molar-refractivity contribution is 0.105. The van der Waals surface area contributed by atoms with E-state index in [-0.39, 0.29) is 6.61 Å². The van der Waals surface area contributed by atoms with Gasteiger partial charge in [-0.2, -0.15) is 0 Å². The molecule has 15 heavy (non-hydrogen) atoms. The van der Waals surface area contributed by atoms with E-state index in [9.17, 15) is 0 Å². The zero-order valence-electron chi connectivity index (χ0n) is 9.11. The van der Waals surface area contributed by atoms with Crippen LogP contribution in [-0.2, 0) is 6.42 Å². The van der Waals surface area contributed by atoms with Gasteiger partial charge in [0.15, 0.2) is 0 Å². The first kappa shape index (κ1) is 12.0. The summed E-state index contributed by atoms with van der Waals surface area (Å²) in [6.07, 6.45) is 1.55. The van der Waals surface area contributed by atoms with Gasteiger partial charge in [-0.3, -0.25) is 0 Å². The zero-order valence-corrected chi connectivity index (χ0v) is 9.11. The van der Waals surface area contributed by atoms with Gasteiger partial charge in [0.2, 0.25) is 0 Å². The highest BCUT2D eigenvalue weighted by atomic mass is 16.3. The minimum atomic E-state index is -0.694. The Kier molecular flexibility index (Phi) is 5.15. The van der Waals surface area contributed by atoms with Crippen LogP contribution in [0.15, 0.2) is 24.3 Å². The molecular formula is C12H19NO2. The van der Waals surface area contributed by atoms with Gasteiger partial charge in [0, 0.05) is 12.2 Å². The van der Waals surface area contributed by atoms with Crippen LogP contribution in [0.25, 0.3) is 0 Å². The second-order valence-electron chi connectivity index (χ2n) is 3.66. The Hall–Kier alpha value is -1.06. The fourth-order valence-electron chi connectivity index (χ4n) is 1.38. The number of aryl methyl sites for hydroxylation is 1. The third kappa shape index (κ3) is 4.32. The van der Waals surface area contributed by atoms with Gasteiger partial charge < -0.3 is 15.5 Å². The summed E-state index contributed by atoms with van der Waals surface area (Å²) >= 11 is 0. The molecule has 1 aromatic carbocycles. The molecule has 0 spiro atoms. The molecule has 3 heteroatoms. The molecule has 0 unspecified atom stereocenters. The summed E-state index contributed by atoms with van der Waals surface area (Å²) in [4.78, 5) is 0. The summed E-state index contributed by atoms with van der Waals surface area (Å²) < 4.78 is 0. The third-order valence-corrected chi connectivity index (χ3v) is 2.25. The van der Waals surface area contributed by atoms with Crippen molar-refractivity contribution in [2.24, 2.45) is 0 Å². The van der Waals surface area contributed by atoms with Crippen molar-refractivity contribution < 1.29 is 10.2 Å². The molecule has 0 heterocycles. The molecule has 0 fully saturated rings. The molecule has 1 rings (SSSR count). The van der Waals surface area contributed by atoms with Crippen LogP contribution >= 0.6 is 0 Å². The van der Waals surface area contributed by atoms with Crippen LogP contribution in [0.1, 0.15) is 18.9 Å². The van der Waals surface area contributed by atoms with Crippen LogP contribution in [0.3, 0.4) is 0 Å². The molecule has 0 aliphatic rings. The summed E-state index contributed by atoms with van der Waals surface area (Å²) in [5.41, 5.74) is 2.30. The number of rotatable bonds is 6. The van der Waals surface area contributed by atoms with Crippen molar-refractivity contribution in [3.8, 4) is 0 Å². The van der Waals surface area contributed by atoms with Gasteiger partial charge in [-0.05, 0) is 24.1 Å². The number of aliphatic hydroxyl groups is 2. The Morgan fingerprint density at radius 1 is 1.27 bits per heavy atom. The largest absolute Gasteiger partial charge is 0.394 e. The number of nitrogens with one attached hydrogen (secondary N) is 1. The summed E-state index contributed by atoms with van der Waals surface area (Å²) in [6, 6.07) is 8.15. The van der Waals surface area contributed by atoms with Crippen molar-refractivity contribution in [1.82, 2.24) is 0 Å². The minimum absolute atomic E-state index is 0.207. The van der Waals surface area contributed by atoms with E-state index in [4.69, 9.17) is 10.2 Å². The highest BCUT2D eigenvalue weighted by Crippen LogP contribution is 2.10. The molecule has 3 N–H and O–H groups in total. The van der Waals surface area contributed by atoms with Crippen molar-refractivity contribution in [3.63, 3.8) is 0 Å². The molecular weight excluding hydrogens is 190 g/mol. The summed E-state index contributed by atoms with van der Waals surface area (Å²) in [5, 5.41) is 20.8. The van der Waals surface area contributed by atoms with Gasteiger partial charge in [0.05, 0.1) is 12.7 Å². The average Bonchev–Trinajstić information content (AvgIpc) is 2.28. The van der Waals surface area contributed by atoms with Crippen molar-refractivity contribution in [2.75, 3.05) is 18.5 Å². The molecule has 0 aromatic heterocycles. The first-order chi connectivity index (χ1) is 7.26. The molecule has 0 saturated heterocycles. The minimum Gasteiger partial charge on any atom is -0.394 e. The maximum Gasteiger partial charge on any atom is 0.0942 e. The molecule has 1 aromatic rings. The van der Waals surface area contributed by atoms with E-state index in [1.807, 2.05) is 12.1 Å². The summed E-state index contributed by atoms with van der Waals surface area (Å²) in [6.45, 7) is 2.33. The maximum atomic E-state index is 9.15. The van der Waals surface area contributed by atoms with Crippen molar-refractivity contribution in [1.29, 1.82) is 0 Å². The quantitative estimate of drug-likeness (QED) is 0.664. The van der Waals surface area contributed by atoms with Crippen LogP contribution in [0.2, 0.25) is 0 Å². The monoisotopic (exact) mass is 209 g/mol. The number of hydrogen-bond donors (Lipinski definition) is 3. The van der Waals surface area contributed by atoms with Crippen LogP contribution < -0.4 is 5.32 Å². The van der Waals surface area contributed by atoms with Gasteiger partial charge in [0.25, 0.3) is 0 Å². The van der Waals surface area contributed by atoms with Crippen LogP contribution in [-0.4, -0.2) is 29.5 Å². The molecule has 84 valence electrons. The van der Waals surface area contributed by atoms with Gasteiger partial charge >= 0.3 is 0 Å². The predicted molar refractivity (Wildman–Crippen MR) is 62.0 cm³/mol. The van der Waals surface area contributed by atoms with Crippen molar-refractivity contribution in [3.05, 3.63) is 29.8 Å². The SMILES string of the molecule is CCCc1ccc(NC[C@H](O)CO)cc1. The number of anilines is 1. The van der Waals surface area contributed by atoms with Gasteiger partial charge in [0.1, 0.15) is 0 Å². The standard InChI is InChI=1S/C12H19NO2/c1-2-3-10-4-6-11(7-5-10)13-8-12(15)9-14/h4-7,12-15H,2-3,8-9H2,1H3/t12-/m0/s1. The predicted octanol–water partition coefficient (Wildman–Crippen LogP) is 1.40. The smallest absolute Gasteiger partial charge is 0.0942 e. The normalized spacial score (nSPS) is 12.5. The average molecular weight is 209 g/mol. The molecule has 0 aliphatic heterocycles. The molecule has 0 radical (unpaired) electrons. The summed E-state index contributed by atoms with van der Waals surface area (Å²) in [5.74, 6) is 0. The highest BCUT2D eigenvalue weighted by molar-refractivity contribution is 5.44. The van der Waals surface area contributed by atoms with Crippen LogP contribution in [0, 0.1) is 0 Å². The van der Waals surface area contributed by atoms with E-state index >= 15 is 0 Å². The summed E-state index contributed by atoms with van der Waals surface area (Å²) in [7, 11) is 0. The van der Waals surface area contributed by atoms with Crippen molar-refractivity contribution in [2.45, 2.75) is 25.9 Å². The molecule has 0 saturated carbocycles. The Balaban J connectivity index is 2.42. The third-order valence-electron chi connectivity index (χ3n) is 2.25. The fourth-order valence-corrected chi connectivity index (χ4v) is 1.38. The zero-order chi connectivity index (χ0) is 11.1. The van der Waals surface area contributed by atoms with E-state index in [1.165, 1.54) is 5.56 Å².